The molecule has 0 heterocycles. The van der Waals surface area contributed by atoms with Gasteiger partial charge >= 0.3 is 0 Å². The van der Waals surface area contributed by atoms with Gasteiger partial charge in [-0.3, -0.25) is 19.7 Å². The third-order valence-electron chi connectivity index (χ3n) is 5.26. The second-order valence-electron chi connectivity index (χ2n) is 7.50. The fourth-order valence-corrected chi connectivity index (χ4v) is 3.46. The molecule has 8 heteroatoms. The minimum Gasteiger partial charge on any atom is -0.497 e. The van der Waals surface area contributed by atoms with Crippen LogP contribution in [0.1, 0.15) is 44.2 Å². The van der Waals surface area contributed by atoms with Crippen LogP contribution in [0.3, 0.4) is 0 Å². The molecule has 1 atom stereocenters. The number of benzene rings is 2. The van der Waals surface area contributed by atoms with Gasteiger partial charge in [-0.15, -0.1) is 0 Å². The second-order valence-corrected chi connectivity index (χ2v) is 7.50. The average Bonchev–Trinajstić information content (AvgIpc) is 2.79. The van der Waals surface area contributed by atoms with Crippen molar-refractivity contribution in [3.05, 3.63) is 69.8 Å². The molecule has 0 aliphatic rings. The van der Waals surface area contributed by atoms with Crippen molar-refractivity contribution in [2.45, 2.75) is 52.1 Å². The second kappa shape index (κ2) is 12.4. The number of unbranched alkanes of at least 4 members (excludes halogenated alkanes) is 1. The van der Waals surface area contributed by atoms with Crippen molar-refractivity contribution in [2.75, 3.05) is 13.7 Å². The Hall–Kier alpha value is -3.42. The molecule has 1 N–H and O–H groups in total. The molecule has 172 valence electrons. The Labute approximate surface area is 188 Å². The van der Waals surface area contributed by atoms with E-state index in [4.69, 9.17) is 4.74 Å². The zero-order valence-electron chi connectivity index (χ0n) is 18.9. The van der Waals surface area contributed by atoms with Crippen LogP contribution in [-0.4, -0.2) is 41.3 Å². The Morgan fingerprint density at radius 2 is 1.81 bits per heavy atom. The summed E-state index contributed by atoms with van der Waals surface area (Å²) in [5.74, 6) is 0.133. The standard InChI is InChI=1S/C24H31N3O5/c1-4-6-15-25-24(29)21(5-2)26(17-18-11-13-20(32-3)14-12-18)23(28)16-19-9-7-8-10-22(19)27(30)31/h7-14,21H,4-6,15-17H2,1-3H3,(H,25,29). The molecular formula is C24H31N3O5. The molecule has 0 aliphatic carbocycles. The predicted octanol–water partition coefficient (Wildman–Crippen LogP) is 3.87. The number of rotatable bonds is 12. The van der Waals surface area contributed by atoms with Crippen molar-refractivity contribution in [3.8, 4) is 5.75 Å². The summed E-state index contributed by atoms with van der Waals surface area (Å²) in [7, 11) is 1.57. The molecule has 2 aromatic carbocycles. The van der Waals surface area contributed by atoms with E-state index in [2.05, 4.69) is 5.32 Å². The molecule has 0 radical (unpaired) electrons. The maximum Gasteiger partial charge on any atom is 0.273 e. The predicted molar refractivity (Wildman–Crippen MR) is 122 cm³/mol. The molecule has 0 saturated carbocycles. The van der Waals surface area contributed by atoms with Crippen LogP contribution in [0.5, 0.6) is 5.75 Å². The fraction of sp³-hybridized carbons (Fsp3) is 0.417. The maximum atomic E-state index is 13.3. The van der Waals surface area contributed by atoms with E-state index in [0.717, 1.165) is 18.4 Å². The van der Waals surface area contributed by atoms with Crippen LogP contribution >= 0.6 is 0 Å². The normalized spacial score (nSPS) is 11.5. The van der Waals surface area contributed by atoms with Crippen molar-refractivity contribution in [3.63, 3.8) is 0 Å². The van der Waals surface area contributed by atoms with Gasteiger partial charge in [-0.25, -0.2) is 0 Å². The summed E-state index contributed by atoms with van der Waals surface area (Å²) < 4.78 is 5.19. The molecule has 2 aromatic rings. The first-order valence-corrected chi connectivity index (χ1v) is 10.8. The van der Waals surface area contributed by atoms with Crippen molar-refractivity contribution in [2.24, 2.45) is 0 Å². The molecule has 32 heavy (non-hydrogen) atoms. The SMILES string of the molecule is CCCCNC(=O)C(CC)N(Cc1ccc(OC)cc1)C(=O)Cc1ccccc1[N+](=O)[O-]. The minimum absolute atomic E-state index is 0.106. The van der Waals surface area contributed by atoms with Crippen molar-refractivity contribution in [1.82, 2.24) is 10.2 Å². The molecule has 0 fully saturated rings. The maximum absolute atomic E-state index is 13.3. The monoisotopic (exact) mass is 441 g/mol. The van der Waals surface area contributed by atoms with Gasteiger partial charge in [0.25, 0.3) is 5.69 Å². The highest BCUT2D eigenvalue weighted by Gasteiger charge is 2.29. The summed E-state index contributed by atoms with van der Waals surface area (Å²) in [6.07, 6.45) is 2.07. The number of para-hydroxylation sites is 1. The van der Waals surface area contributed by atoms with E-state index in [1.165, 1.54) is 11.0 Å². The number of hydrogen-bond acceptors (Lipinski definition) is 5. The van der Waals surface area contributed by atoms with Crippen molar-refractivity contribution < 1.29 is 19.2 Å². The summed E-state index contributed by atoms with van der Waals surface area (Å²) in [5.41, 5.74) is 1.05. The summed E-state index contributed by atoms with van der Waals surface area (Å²) in [6, 6.07) is 12.8. The lowest BCUT2D eigenvalue weighted by Gasteiger charge is -2.30. The third kappa shape index (κ3) is 6.80. The Kier molecular flexibility index (Phi) is 9.66. The van der Waals surface area contributed by atoms with Crippen LogP contribution in [0.25, 0.3) is 0 Å². The summed E-state index contributed by atoms with van der Waals surface area (Å²) in [6.45, 7) is 4.64. The molecule has 2 rings (SSSR count). The number of ether oxygens (including phenoxy) is 1. The summed E-state index contributed by atoms with van der Waals surface area (Å²) >= 11 is 0. The van der Waals surface area contributed by atoms with E-state index >= 15 is 0 Å². The van der Waals surface area contributed by atoms with Gasteiger partial charge in [-0.1, -0.05) is 50.6 Å². The number of methoxy groups -OCH3 is 1. The number of nitrogens with zero attached hydrogens (tertiary/aromatic N) is 2. The Balaban J connectivity index is 2.31. The smallest absolute Gasteiger partial charge is 0.273 e. The molecule has 8 nitrogen and oxygen atoms in total. The van der Waals surface area contributed by atoms with E-state index in [-0.39, 0.29) is 30.5 Å². The largest absolute Gasteiger partial charge is 0.497 e. The lowest BCUT2D eigenvalue weighted by atomic mass is 10.1. The van der Waals surface area contributed by atoms with Gasteiger partial charge in [0, 0.05) is 24.7 Å². The van der Waals surface area contributed by atoms with Gasteiger partial charge in [0.2, 0.25) is 11.8 Å². The Morgan fingerprint density at radius 1 is 1.12 bits per heavy atom. The lowest BCUT2D eigenvalue weighted by molar-refractivity contribution is -0.385. The minimum atomic E-state index is -0.677. The first kappa shape index (κ1) is 24.8. The number of carbonyl (C=O) groups excluding carboxylic acids is 2. The van der Waals surface area contributed by atoms with Gasteiger partial charge in [0.1, 0.15) is 11.8 Å². The van der Waals surface area contributed by atoms with E-state index in [1.807, 2.05) is 26.0 Å². The van der Waals surface area contributed by atoms with Crippen molar-refractivity contribution in [1.29, 1.82) is 0 Å². The van der Waals surface area contributed by atoms with Crippen LogP contribution in [-0.2, 0) is 22.6 Å². The zero-order valence-corrected chi connectivity index (χ0v) is 18.9. The Morgan fingerprint density at radius 3 is 2.41 bits per heavy atom. The average molecular weight is 442 g/mol. The van der Waals surface area contributed by atoms with Crippen LogP contribution in [0.4, 0.5) is 5.69 Å². The van der Waals surface area contributed by atoms with Crippen LogP contribution in [0.15, 0.2) is 48.5 Å². The van der Waals surface area contributed by atoms with E-state index in [9.17, 15) is 19.7 Å². The zero-order chi connectivity index (χ0) is 23.5. The molecule has 2 amide bonds. The van der Waals surface area contributed by atoms with Crippen LogP contribution < -0.4 is 10.1 Å². The summed E-state index contributed by atoms with van der Waals surface area (Å²) in [4.78, 5) is 38.6. The lowest BCUT2D eigenvalue weighted by Crippen LogP contribution is -2.49. The van der Waals surface area contributed by atoms with Gasteiger partial charge < -0.3 is 15.0 Å². The number of carbonyl (C=O) groups is 2. The molecule has 1 unspecified atom stereocenters. The molecule has 0 aromatic heterocycles. The number of hydrogen-bond donors (Lipinski definition) is 1. The van der Waals surface area contributed by atoms with Crippen LogP contribution in [0, 0.1) is 10.1 Å². The molecule has 0 saturated heterocycles. The van der Waals surface area contributed by atoms with Gasteiger partial charge in [0.15, 0.2) is 0 Å². The van der Waals surface area contributed by atoms with Gasteiger partial charge in [0.05, 0.1) is 18.5 Å². The molecule has 0 bridgehead atoms. The molecular weight excluding hydrogens is 410 g/mol. The number of nitro groups is 1. The first-order valence-electron chi connectivity index (χ1n) is 10.8. The topological polar surface area (TPSA) is 102 Å². The van der Waals surface area contributed by atoms with Gasteiger partial charge in [-0.05, 0) is 30.5 Å². The van der Waals surface area contributed by atoms with E-state index < -0.39 is 11.0 Å². The van der Waals surface area contributed by atoms with E-state index in [1.54, 1.807) is 37.4 Å². The van der Waals surface area contributed by atoms with Gasteiger partial charge in [-0.2, -0.15) is 0 Å². The fourth-order valence-electron chi connectivity index (χ4n) is 3.46. The van der Waals surface area contributed by atoms with E-state index in [0.29, 0.717) is 24.3 Å². The first-order chi connectivity index (χ1) is 15.4. The van der Waals surface area contributed by atoms with Crippen LogP contribution in [0.2, 0.25) is 0 Å². The molecule has 0 spiro atoms. The molecule has 0 aliphatic heterocycles. The number of nitrogens with one attached hydrogen (secondary N) is 1. The van der Waals surface area contributed by atoms with Crippen molar-refractivity contribution >= 4 is 17.5 Å². The number of amides is 2. The quantitative estimate of drug-likeness (QED) is 0.306. The Bertz CT molecular complexity index is 914. The third-order valence-corrected chi connectivity index (χ3v) is 5.26. The summed E-state index contributed by atoms with van der Waals surface area (Å²) in [5, 5.41) is 14.3. The highest BCUT2D eigenvalue weighted by molar-refractivity contribution is 5.88. The highest BCUT2D eigenvalue weighted by Crippen LogP contribution is 2.21. The number of nitro benzene ring substituents is 1. The highest BCUT2D eigenvalue weighted by atomic mass is 16.6.